The number of halogens is 1. The predicted octanol–water partition coefficient (Wildman–Crippen LogP) is 1.94. The minimum Gasteiger partial charge on any atom is -0.387 e. The van der Waals surface area contributed by atoms with Crippen molar-refractivity contribution in [2.75, 3.05) is 59.9 Å². The molecule has 1 saturated heterocycles. The summed E-state index contributed by atoms with van der Waals surface area (Å²) in [6.45, 7) is 7.42. The normalized spacial score (nSPS) is 18.8. The molecule has 1 aromatic carbocycles. The van der Waals surface area contributed by atoms with Gasteiger partial charge in [0, 0.05) is 43.3 Å². The summed E-state index contributed by atoms with van der Waals surface area (Å²) in [4.78, 5) is 7.09. The molecule has 0 aromatic heterocycles. The molecular formula is C17H28ClN3O. The van der Waals surface area contributed by atoms with Crippen LogP contribution in [0, 0.1) is 0 Å². The standard InChI is InChI=1S/C17H28ClN3O/c1-19-10-12-21(13-11-19)9-5-8-20(2)14-17(22)15-6-3-4-7-16(15)18/h3-4,6-7,17,22H,5,8-14H2,1-2H3. The van der Waals surface area contributed by atoms with Crippen molar-refractivity contribution in [2.24, 2.45) is 0 Å². The molecule has 0 saturated carbocycles. The van der Waals surface area contributed by atoms with Gasteiger partial charge in [0.2, 0.25) is 0 Å². The zero-order valence-electron chi connectivity index (χ0n) is 13.7. The van der Waals surface area contributed by atoms with Crippen molar-refractivity contribution in [1.29, 1.82) is 0 Å². The highest BCUT2D eigenvalue weighted by Gasteiger charge is 2.15. The number of benzene rings is 1. The Balaban J connectivity index is 1.67. The number of likely N-dealkylation sites (N-methyl/N-ethyl adjacent to an activating group) is 2. The Morgan fingerprint density at radius 2 is 1.91 bits per heavy atom. The zero-order valence-corrected chi connectivity index (χ0v) is 14.5. The third-order valence-electron chi connectivity index (χ3n) is 4.36. The van der Waals surface area contributed by atoms with Crippen molar-refractivity contribution in [3.8, 4) is 0 Å². The van der Waals surface area contributed by atoms with Crippen LogP contribution in [0.15, 0.2) is 24.3 Å². The second-order valence-electron chi connectivity index (χ2n) is 6.30. The van der Waals surface area contributed by atoms with Gasteiger partial charge in [0.05, 0.1) is 6.10 Å². The molecule has 0 spiro atoms. The molecule has 1 atom stereocenters. The fourth-order valence-electron chi connectivity index (χ4n) is 2.87. The molecule has 5 heteroatoms. The van der Waals surface area contributed by atoms with Crippen LogP contribution in [0.2, 0.25) is 5.02 Å². The van der Waals surface area contributed by atoms with Crippen LogP contribution in [-0.2, 0) is 0 Å². The summed E-state index contributed by atoms with van der Waals surface area (Å²) in [6.07, 6.45) is 0.609. The smallest absolute Gasteiger partial charge is 0.0931 e. The van der Waals surface area contributed by atoms with Crippen molar-refractivity contribution in [2.45, 2.75) is 12.5 Å². The highest BCUT2D eigenvalue weighted by atomic mass is 35.5. The number of aliphatic hydroxyl groups excluding tert-OH is 1. The fraction of sp³-hybridized carbons (Fsp3) is 0.647. The van der Waals surface area contributed by atoms with E-state index in [1.165, 1.54) is 26.2 Å². The van der Waals surface area contributed by atoms with Crippen LogP contribution < -0.4 is 0 Å². The van der Waals surface area contributed by atoms with Crippen LogP contribution in [0.5, 0.6) is 0 Å². The summed E-state index contributed by atoms with van der Waals surface area (Å²) in [6, 6.07) is 7.52. The van der Waals surface area contributed by atoms with Crippen LogP contribution in [0.3, 0.4) is 0 Å². The summed E-state index contributed by atoms with van der Waals surface area (Å²) >= 11 is 6.13. The minimum absolute atomic E-state index is 0.526. The maximum atomic E-state index is 10.3. The molecule has 1 unspecified atom stereocenters. The van der Waals surface area contributed by atoms with Crippen LogP contribution >= 0.6 is 11.6 Å². The molecule has 0 radical (unpaired) electrons. The Morgan fingerprint density at radius 1 is 1.23 bits per heavy atom. The van der Waals surface area contributed by atoms with Gasteiger partial charge in [-0.05, 0) is 39.7 Å². The van der Waals surface area contributed by atoms with Crippen LogP contribution in [0.4, 0.5) is 0 Å². The van der Waals surface area contributed by atoms with Gasteiger partial charge in [-0.25, -0.2) is 0 Å². The lowest BCUT2D eigenvalue weighted by atomic mass is 10.1. The lowest BCUT2D eigenvalue weighted by Crippen LogP contribution is -2.45. The lowest BCUT2D eigenvalue weighted by molar-refractivity contribution is 0.118. The third-order valence-corrected chi connectivity index (χ3v) is 4.70. The lowest BCUT2D eigenvalue weighted by Gasteiger charge is -2.32. The van der Waals surface area contributed by atoms with Crippen molar-refractivity contribution in [1.82, 2.24) is 14.7 Å². The van der Waals surface area contributed by atoms with Gasteiger partial charge in [-0.1, -0.05) is 29.8 Å². The van der Waals surface area contributed by atoms with E-state index in [1.807, 2.05) is 24.3 Å². The van der Waals surface area contributed by atoms with E-state index in [0.29, 0.717) is 11.6 Å². The Morgan fingerprint density at radius 3 is 2.59 bits per heavy atom. The van der Waals surface area contributed by atoms with Crippen LogP contribution in [-0.4, -0.2) is 79.7 Å². The van der Waals surface area contributed by atoms with E-state index in [-0.39, 0.29) is 0 Å². The SMILES string of the molecule is CN1CCN(CCCN(C)CC(O)c2ccccc2Cl)CC1. The van der Waals surface area contributed by atoms with Gasteiger partial charge in [0.1, 0.15) is 0 Å². The highest BCUT2D eigenvalue weighted by molar-refractivity contribution is 6.31. The molecule has 2 rings (SSSR count). The number of nitrogens with zero attached hydrogens (tertiary/aromatic N) is 3. The first-order chi connectivity index (χ1) is 10.6. The Bertz CT molecular complexity index is 449. The largest absolute Gasteiger partial charge is 0.387 e. The monoisotopic (exact) mass is 325 g/mol. The van der Waals surface area contributed by atoms with Crippen molar-refractivity contribution < 1.29 is 5.11 Å². The summed E-state index contributed by atoms with van der Waals surface area (Å²) in [5.74, 6) is 0. The second kappa shape index (κ2) is 8.85. The Labute approximate surface area is 139 Å². The molecule has 4 nitrogen and oxygen atoms in total. The Hall–Kier alpha value is -0.650. The molecule has 0 aliphatic carbocycles. The van der Waals surface area contributed by atoms with Gasteiger partial charge >= 0.3 is 0 Å². The summed E-state index contributed by atoms with van der Waals surface area (Å²) in [7, 11) is 4.24. The van der Waals surface area contributed by atoms with E-state index < -0.39 is 6.10 Å². The topological polar surface area (TPSA) is 30.0 Å². The van der Waals surface area contributed by atoms with Crippen molar-refractivity contribution >= 4 is 11.6 Å². The van der Waals surface area contributed by atoms with E-state index >= 15 is 0 Å². The van der Waals surface area contributed by atoms with Gasteiger partial charge in [-0.15, -0.1) is 0 Å². The van der Waals surface area contributed by atoms with Gasteiger partial charge in [0.25, 0.3) is 0 Å². The van der Waals surface area contributed by atoms with Gasteiger partial charge in [0.15, 0.2) is 0 Å². The quantitative estimate of drug-likeness (QED) is 0.830. The van der Waals surface area contributed by atoms with E-state index in [9.17, 15) is 5.11 Å². The number of piperazine rings is 1. The highest BCUT2D eigenvalue weighted by Crippen LogP contribution is 2.22. The molecule has 1 fully saturated rings. The zero-order chi connectivity index (χ0) is 15.9. The number of hydrogen-bond donors (Lipinski definition) is 1. The maximum absolute atomic E-state index is 10.3. The third kappa shape index (κ3) is 5.52. The first-order valence-corrected chi connectivity index (χ1v) is 8.46. The molecule has 1 N–H and O–H groups in total. The van der Waals surface area contributed by atoms with Crippen molar-refractivity contribution in [3.63, 3.8) is 0 Å². The van der Waals surface area contributed by atoms with E-state index in [2.05, 4.69) is 28.8 Å². The van der Waals surface area contributed by atoms with E-state index in [4.69, 9.17) is 11.6 Å². The average molecular weight is 326 g/mol. The summed E-state index contributed by atoms with van der Waals surface area (Å²) in [5.41, 5.74) is 0.815. The maximum Gasteiger partial charge on any atom is 0.0931 e. The second-order valence-corrected chi connectivity index (χ2v) is 6.71. The van der Waals surface area contributed by atoms with Gasteiger partial charge < -0.3 is 19.8 Å². The first-order valence-electron chi connectivity index (χ1n) is 8.08. The Kier molecular flexibility index (Phi) is 7.12. The van der Waals surface area contributed by atoms with E-state index in [0.717, 1.165) is 25.1 Å². The van der Waals surface area contributed by atoms with Crippen LogP contribution in [0.1, 0.15) is 18.1 Å². The first kappa shape index (κ1) is 17.7. The molecule has 1 heterocycles. The molecule has 22 heavy (non-hydrogen) atoms. The van der Waals surface area contributed by atoms with E-state index in [1.54, 1.807) is 0 Å². The number of aliphatic hydroxyl groups is 1. The molecule has 1 aromatic rings. The molecule has 0 bridgehead atoms. The number of hydrogen-bond acceptors (Lipinski definition) is 4. The fourth-order valence-corrected chi connectivity index (χ4v) is 3.13. The molecule has 1 aliphatic heterocycles. The molecule has 124 valence electrons. The molecular weight excluding hydrogens is 298 g/mol. The summed E-state index contributed by atoms with van der Waals surface area (Å²) < 4.78 is 0. The van der Waals surface area contributed by atoms with Crippen LogP contribution in [0.25, 0.3) is 0 Å². The minimum atomic E-state index is -0.526. The van der Waals surface area contributed by atoms with Gasteiger partial charge in [-0.2, -0.15) is 0 Å². The molecule has 1 aliphatic rings. The van der Waals surface area contributed by atoms with Gasteiger partial charge in [-0.3, -0.25) is 0 Å². The molecule has 0 amide bonds. The number of rotatable bonds is 7. The average Bonchev–Trinajstić information content (AvgIpc) is 2.49. The van der Waals surface area contributed by atoms with Crippen molar-refractivity contribution in [3.05, 3.63) is 34.9 Å². The summed E-state index contributed by atoms with van der Waals surface area (Å²) in [5, 5.41) is 10.9. The predicted molar refractivity (Wildman–Crippen MR) is 92.5 cm³/mol.